The molecular formula is C35H50N6O5. The van der Waals surface area contributed by atoms with E-state index in [1.54, 1.807) is 16.2 Å². The molecule has 0 spiro atoms. The number of likely N-dealkylation sites (tertiary alicyclic amines) is 2. The quantitative estimate of drug-likeness (QED) is 0.441. The summed E-state index contributed by atoms with van der Waals surface area (Å²) in [4.78, 5) is 57.0. The van der Waals surface area contributed by atoms with E-state index in [0.29, 0.717) is 25.0 Å². The Morgan fingerprint density at radius 3 is 2.35 bits per heavy atom. The fourth-order valence-electron chi connectivity index (χ4n) is 8.94. The summed E-state index contributed by atoms with van der Waals surface area (Å²) in [6.45, 7) is 6.36. The van der Waals surface area contributed by atoms with Crippen molar-refractivity contribution >= 4 is 28.9 Å². The van der Waals surface area contributed by atoms with Crippen molar-refractivity contribution in [1.29, 1.82) is 0 Å². The number of benzene rings is 1. The molecule has 2 aromatic rings. The van der Waals surface area contributed by atoms with Crippen molar-refractivity contribution < 1.29 is 19.1 Å². The molecule has 3 unspecified atom stereocenters. The molecule has 6 heterocycles. The molecule has 7 rings (SSSR count). The number of hydrogen-bond donors (Lipinski definition) is 1. The maximum atomic E-state index is 13.1. The number of carbonyl (C=O) groups excluding carboxylic acids is 3. The second-order valence-corrected chi connectivity index (χ2v) is 14.6. The zero-order chi connectivity index (χ0) is 31.8. The van der Waals surface area contributed by atoms with Gasteiger partial charge in [-0.15, -0.1) is 0 Å². The zero-order valence-electron chi connectivity index (χ0n) is 27.3. The first kappa shape index (κ1) is 31.4. The van der Waals surface area contributed by atoms with Gasteiger partial charge in [-0.25, -0.2) is 9.59 Å². The minimum absolute atomic E-state index is 0.110. The molecule has 1 aromatic heterocycles. The highest BCUT2D eigenvalue weighted by atomic mass is 16.6. The van der Waals surface area contributed by atoms with Gasteiger partial charge in [0.15, 0.2) is 0 Å². The van der Waals surface area contributed by atoms with E-state index in [1.807, 2.05) is 11.0 Å². The third kappa shape index (κ3) is 6.50. The lowest BCUT2D eigenvalue weighted by atomic mass is 9.85. The average molecular weight is 635 g/mol. The van der Waals surface area contributed by atoms with Gasteiger partial charge in [-0.2, -0.15) is 0 Å². The summed E-state index contributed by atoms with van der Waals surface area (Å²) in [5, 5.41) is 2.38. The first-order chi connectivity index (χ1) is 22.3. The lowest BCUT2D eigenvalue weighted by Crippen LogP contribution is -2.44. The van der Waals surface area contributed by atoms with Crippen LogP contribution in [0.4, 0.5) is 4.79 Å². The lowest BCUT2D eigenvalue weighted by Gasteiger charge is -2.35. The summed E-state index contributed by atoms with van der Waals surface area (Å²) in [6, 6.07) is 6.59. The number of aryl methyl sites for hydroxylation is 1. The smallest absolute Gasteiger partial charge is 0.409 e. The number of rotatable bonds is 8. The van der Waals surface area contributed by atoms with Crippen LogP contribution < -0.4 is 11.0 Å². The standard InChI is InChI=1S/C35H50N6O5/c1-37-31-21-26(6-9-29(31)41(34(37)44)30-10-11-32(42)36-33(30)43)22-38-17-12-24(13-18-38)4-5-25-14-19-39(20-15-25)35(45)46-23-28-8-7-27-3-2-16-40(27)28/h6,9,21,24-25,27-28,30H,2-5,7-8,10-20,22-23H2,1H3,(H,36,42,43). The van der Waals surface area contributed by atoms with Crippen molar-refractivity contribution in [1.82, 2.24) is 29.2 Å². The van der Waals surface area contributed by atoms with Crippen LogP contribution in [0.15, 0.2) is 23.0 Å². The van der Waals surface area contributed by atoms with Crippen molar-refractivity contribution in [3.8, 4) is 0 Å². The zero-order valence-corrected chi connectivity index (χ0v) is 27.3. The fourth-order valence-corrected chi connectivity index (χ4v) is 8.94. The Hall–Kier alpha value is -3.18. The molecule has 5 saturated heterocycles. The molecule has 3 amide bonds. The first-order valence-corrected chi connectivity index (χ1v) is 17.8. The molecule has 11 heteroatoms. The Morgan fingerprint density at radius 2 is 1.61 bits per heavy atom. The number of piperidine rings is 3. The maximum Gasteiger partial charge on any atom is 0.409 e. The molecule has 0 aliphatic carbocycles. The number of hydrogen-bond acceptors (Lipinski definition) is 7. The van der Waals surface area contributed by atoms with Crippen LogP contribution >= 0.6 is 0 Å². The van der Waals surface area contributed by atoms with Crippen molar-refractivity contribution in [3.63, 3.8) is 0 Å². The van der Waals surface area contributed by atoms with Gasteiger partial charge in [0.25, 0.3) is 0 Å². The van der Waals surface area contributed by atoms with E-state index in [0.717, 1.165) is 74.1 Å². The van der Waals surface area contributed by atoms with Gasteiger partial charge in [0.2, 0.25) is 11.8 Å². The van der Waals surface area contributed by atoms with Crippen LogP contribution in [0.1, 0.15) is 88.7 Å². The van der Waals surface area contributed by atoms with E-state index in [1.165, 1.54) is 57.9 Å². The molecule has 5 fully saturated rings. The number of fused-ring (bicyclic) bond motifs is 2. The van der Waals surface area contributed by atoms with E-state index in [-0.39, 0.29) is 24.1 Å². The summed E-state index contributed by atoms with van der Waals surface area (Å²) >= 11 is 0. The summed E-state index contributed by atoms with van der Waals surface area (Å²) in [6.07, 6.45) is 12.6. The van der Waals surface area contributed by atoms with Crippen LogP contribution in [-0.2, 0) is 27.9 Å². The van der Waals surface area contributed by atoms with Gasteiger partial charge in [-0.05, 0) is 107 Å². The van der Waals surface area contributed by atoms with Crippen LogP contribution in [0.2, 0.25) is 0 Å². The Bertz CT molecular complexity index is 1500. The number of amides is 3. The molecule has 1 aromatic carbocycles. The van der Waals surface area contributed by atoms with Crippen molar-refractivity contribution in [2.45, 2.75) is 102 Å². The van der Waals surface area contributed by atoms with E-state index in [2.05, 4.69) is 27.2 Å². The summed E-state index contributed by atoms with van der Waals surface area (Å²) in [7, 11) is 1.75. The highest BCUT2D eigenvalue weighted by molar-refractivity contribution is 6.00. The maximum absolute atomic E-state index is 13.1. The number of carbonyl (C=O) groups is 3. The molecular weight excluding hydrogens is 584 g/mol. The van der Waals surface area contributed by atoms with Gasteiger partial charge < -0.3 is 9.64 Å². The van der Waals surface area contributed by atoms with Crippen LogP contribution in [0.5, 0.6) is 0 Å². The van der Waals surface area contributed by atoms with Crippen LogP contribution in [0, 0.1) is 11.8 Å². The molecule has 0 radical (unpaired) electrons. The normalized spacial score (nSPS) is 27.0. The minimum atomic E-state index is -0.660. The van der Waals surface area contributed by atoms with E-state index in [4.69, 9.17) is 4.74 Å². The monoisotopic (exact) mass is 634 g/mol. The highest BCUT2D eigenvalue weighted by Gasteiger charge is 2.37. The Morgan fingerprint density at radius 1 is 0.870 bits per heavy atom. The van der Waals surface area contributed by atoms with Gasteiger partial charge >= 0.3 is 11.8 Å². The predicted octanol–water partition coefficient (Wildman–Crippen LogP) is 3.79. The third-order valence-electron chi connectivity index (χ3n) is 11.8. The van der Waals surface area contributed by atoms with Crippen LogP contribution in [0.3, 0.4) is 0 Å². The summed E-state index contributed by atoms with van der Waals surface area (Å²) in [5.41, 5.74) is 2.48. The number of nitrogens with zero attached hydrogens (tertiary/aromatic N) is 5. The molecule has 5 aliphatic rings. The number of ether oxygens (including phenoxy) is 1. The van der Waals surface area contributed by atoms with Crippen LogP contribution in [-0.4, -0.2) is 93.2 Å². The Balaban J connectivity index is 0.833. The van der Waals surface area contributed by atoms with Crippen molar-refractivity contribution in [3.05, 3.63) is 34.2 Å². The Kier molecular flexibility index (Phi) is 9.23. The molecule has 5 aliphatic heterocycles. The SMILES string of the molecule is Cn1c(=O)n(C2CCC(=O)NC2=O)c2ccc(CN3CCC(CCC4CCN(C(=O)OCC5CCC6CCCN65)CC4)CC3)cc21. The van der Waals surface area contributed by atoms with E-state index < -0.39 is 11.9 Å². The summed E-state index contributed by atoms with van der Waals surface area (Å²) in [5.74, 6) is 0.770. The minimum Gasteiger partial charge on any atom is -0.448 e. The van der Waals surface area contributed by atoms with Gasteiger partial charge in [0.1, 0.15) is 12.6 Å². The summed E-state index contributed by atoms with van der Waals surface area (Å²) < 4.78 is 8.94. The molecule has 1 N–H and O–H groups in total. The van der Waals surface area contributed by atoms with Gasteiger partial charge in [0, 0.05) is 45.2 Å². The molecule has 3 atom stereocenters. The highest BCUT2D eigenvalue weighted by Crippen LogP contribution is 2.33. The predicted molar refractivity (Wildman–Crippen MR) is 174 cm³/mol. The van der Waals surface area contributed by atoms with E-state index in [9.17, 15) is 19.2 Å². The van der Waals surface area contributed by atoms with Gasteiger partial charge in [-0.3, -0.25) is 33.8 Å². The second-order valence-electron chi connectivity index (χ2n) is 14.6. The fraction of sp³-hybridized carbons (Fsp3) is 0.714. The third-order valence-corrected chi connectivity index (χ3v) is 11.8. The molecule has 250 valence electrons. The van der Waals surface area contributed by atoms with Gasteiger partial charge in [-0.1, -0.05) is 18.9 Å². The lowest BCUT2D eigenvalue weighted by molar-refractivity contribution is -0.135. The number of aromatic nitrogens is 2. The van der Waals surface area contributed by atoms with Crippen LogP contribution in [0.25, 0.3) is 11.0 Å². The average Bonchev–Trinajstić information content (AvgIpc) is 3.75. The van der Waals surface area contributed by atoms with E-state index >= 15 is 0 Å². The Labute approximate surface area is 271 Å². The first-order valence-electron chi connectivity index (χ1n) is 17.8. The molecule has 46 heavy (non-hydrogen) atoms. The topological polar surface area (TPSA) is 109 Å². The molecule has 0 saturated carbocycles. The number of imide groups is 1. The number of nitrogens with one attached hydrogen (secondary N) is 1. The molecule has 0 bridgehead atoms. The second kappa shape index (κ2) is 13.5. The van der Waals surface area contributed by atoms with Crippen molar-refractivity contribution in [2.24, 2.45) is 18.9 Å². The van der Waals surface area contributed by atoms with Crippen molar-refractivity contribution in [2.75, 3.05) is 39.3 Å². The number of imidazole rings is 1. The molecule has 11 nitrogen and oxygen atoms in total. The largest absolute Gasteiger partial charge is 0.448 e. The van der Waals surface area contributed by atoms with Gasteiger partial charge in [0.05, 0.1) is 11.0 Å².